The van der Waals surface area contributed by atoms with E-state index in [9.17, 15) is 13.2 Å². The number of hydrogen-bond acceptors (Lipinski definition) is 6. The molecule has 8 nitrogen and oxygen atoms in total. The smallest absolute Gasteiger partial charge is 0.262 e. The highest BCUT2D eigenvalue weighted by molar-refractivity contribution is 7.89. The second-order valence-corrected chi connectivity index (χ2v) is 9.97. The van der Waals surface area contributed by atoms with Crippen LogP contribution in [0.3, 0.4) is 0 Å². The van der Waals surface area contributed by atoms with Gasteiger partial charge in [0.15, 0.2) is 12.4 Å². The van der Waals surface area contributed by atoms with Crippen molar-refractivity contribution in [3.05, 3.63) is 52.1 Å². The van der Waals surface area contributed by atoms with Gasteiger partial charge in [0.2, 0.25) is 10.0 Å². The van der Waals surface area contributed by atoms with Crippen LogP contribution in [0.2, 0.25) is 10.0 Å². The number of pyridine rings is 1. The van der Waals surface area contributed by atoms with Crippen molar-refractivity contribution in [2.45, 2.75) is 11.8 Å². The van der Waals surface area contributed by atoms with Crippen molar-refractivity contribution in [2.24, 2.45) is 0 Å². The Bertz CT molecular complexity index is 1300. The molecule has 0 aliphatic heterocycles. The summed E-state index contributed by atoms with van der Waals surface area (Å²) in [5.41, 5.74) is 1.35. The van der Waals surface area contributed by atoms with Gasteiger partial charge in [0.25, 0.3) is 5.91 Å². The van der Waals surface area contributed by atoms with E-state index in [1.54, 1.807) is 12.1 Å². The van der Waals surface area contributed by atoms with Gasteiger partial charge in [0, 0.05) is 25.2 Å². The number of nitrogens with zero attached hydrogens (tertiary/aromatic N) is 2. The molecule has 1 amide bonds. The van der Waals surface area contributed by atoms with Gasteiger partial charge in [-0.1, -0.05) is 23.2 Å². The lowest BCUT2D eigenvalue weighted by Gasteiger charge is -2.16. The molecule has 0 atom stereocenters. The number of carbonyl (C=O) groups excluding carboxylic acids is 1. The molecular weight excluding hydrogens is 477 g/mol. The van der Waals surface area contributed by atoms with Crippen molar-refractivity contribution in [3.8, 4) is 11.5 Å². The predicted octanol–water partition coefficient (Wildman–Crippen LogP) is 4.13. The zero-order valence-electron chi connectivity index (χ0n) is 17.8. The summed E-state index contributed by atoms with van der Waals surface area (Å²) in [6.45, 7) is 1.41. The predicted molar refractivity (Wildman–Crippen MR) is 124 cm³/mol. The Morgan fingerprint density at radius 2 is 1.84 bits per heavy atom. The maximum Gasteiger partial charge on any atom is 0.262 e. The van der Waals surface area contributed by atoms with Crippen molar-refractivity contribution in [3.63, 3.8) is 0 Å². The minimum atomic E-state index is -3.70. The van der Waals surface area contributed by atoms with Gasteiger partial charge in [0.1, 0.15) is 11.3 Å². The molecule has 0 bridgehead atoms. The fourth-order valence-corrected chi connectivity index (χ4v) is 4.41. The van der Waals surface area contributed by atoms with E-state index in [1.807, 2.05) is 6.92 Å². The molecule has 0 radical (unpaired) electrons. The number of anilines is 1. The first-order valence-corrected chi connectivity index (χ1v) is 11.5. The second-order valence-electron chi connectivity index (χ2n) is 7.00. The van der Waals surface area contributed by atoms with Gasteiger partial charge in [-0.2, -0.15) is 0 Å². The maximum absolute atomic E-state index is 12.6. The molecular formula is C21H21Cl2N3O5S. The highest BCUT2D eigenvalue weighted by atomic mass is 35.5. The maximum atomic E-state index is 12.6. The molecule has 3 aromatic rings. The summed E-state index contributed by atoms with van der Waals surface area (Å²) < 4.78 is 36.8. The van der Waals surface area contributed by atoms with Crippen molar-refractivity contribution >= 4 is 55.7 Å². The lowest BCUT2D eigenvalue weighted by molar-refractivity contribution is -0.118. The van der Waals surface area contributed by atoms with E-state index in [0.29, 0.717) is 21.7 Å². The van der Waals surface area contributed by atoms with Gasteiger partial charge in [-0.25, -0.2) is 17.7 Å². The monoisotopic (exact) mass is 497 g/mol. The molecule has 170 valence electrons. The summed E-state index contributed by atoms with van der Waals surface area (Å²) in [7, 11) is 0.552. The summed E-state index contributed by atoms with van der Waals surface area (Å²) in [6, 6.07) is 9.30. The Morgan fingerprint density at radius 1 is 1.12 bits per heavy atom. The molecule has 11 heteroatoms. The minimum Gasteiger partial charge on any atom is -0.495 e. The van der Waals surface area contributed by atoms with E-state index >= 15 is 0 Å². The van der Waals surface area contributed by atoms with Gasteiger partial charge < -0.3 is 14.8 Å². The van der Waals surface area contributed by atoms with Gasteiger partial charge >= 0.3 is 0 Å². The first kappa shape index (κ1) is 24.1. The molecule has 0 saturated carbocycles. The highest BCUT2D eigenvalue weighted by Crippen LogP contribution is 2.37. The van der Waals surface area contributed by atoms with E-state index in [0.717, 1.165) is 10.00 Å². The van der Waals surface area contributed by atoms with Crippen LogP contribution in [0, 0.1) is 6.92 Å². The summed E-state index contributed by atoms with van der Waals surface area (Å²) >= 11 is 12.5. The number of benzene rings is 2. The van der Waals surface area contributed by atoms with Crippen LogP contribution >= 0.6 is 23.2 Å². The number of methoxy groups -OCH3 is 1. The Morgan fingerprint density at radius 3 is 2.50 bits per heavy atom. The van der Waals surface area contributed by atoms with E-state index in [1.165, 1.54) is 45.5 Å². The lowest BCUT2D eigenvalue weighted by atomic mass is 10.2. The molecule has 0 spiro atoms. The molecule has 0 unspecified atom stereocenters. The third kappa shape index (κ3) is 4.91. The second kappa shape index (κ2) is 9.50. The third-order valence-corrected chi connectivity index (χ3v) is 6.95. The van der Waals surface area contributed by atoms with Crippen LogP contribution in [0.15, 0.2) is 41.3 Å². The number of aromatic nitrogens is 1. The number of hydrogen-bond donors (Lipinski definition) is 1. The standard InChI is InChI=1S/C21H21Cl2N3O5S/c1-12-5-7-14-15(22)10-16(23)21(20(14)24-12)31-11-19(27)25-17-9-13(6-8-18(17)30-4)32(28,29)26(2)3/h5-10H,11H2,1-4H3,(H,25,27). The van der Waals surface area contributed by atoms with Crippen LogP contribution in [0.25, 0.3) is 10.9 Å². The number of fused-ring (bicyclic) bond motifs is 1. The number of nitrogens with one attached hydrogen (secondary N) is 1. The van der Waals surface area contributed by atoms with Crippen LogP contribution < -0.4 is 14.8 Å². The molecule has 32 heavy (non-hydrogen) atoms. The molecule has 1 N–H and O–H groups in total. The average Bonchev–Trinajstić information content (AvgIpc) is 2.73. The van der Waals surface area contributed by atoms with Gasteiger partial charge in [-0.05, 0) is 43.3 Å². The number of amides is 1. The number of rotatable bonds is 7. The van der Waals surface area contributed by atoms with E-state index < -0.39 is 22.5 Å². The first-order chi connectivity index (χ1) is 15.0. The molecule has 3 rings (SSSR count). The minimum absolute atomic E-state index is 0.00549. The molecule has 0 aliphatic carbocycles. The van der Waals surface area contributed by atoms with Crippen molar-refractivity contribution in [2.75, 3.05) is 33.1 Å². The molecule has 1 aromatic heterocycles. The van der Waals surface area contributed by atoms with Crippen LogP contribution in [-0.2, 0) is 14.8 Å². The fourth-order valence-electron chi connectivity index (χ4n) is 2.91. The number of ether oxygens (including phenoxy) is 2. The summed E-state index contributed by atoms with van der Waals surface area (Å²) in [5.74, 6) is -0.0290. The van der Waals surface area contributed by atoms with Crippen molar-refractivity contribution in [1.29, 1.82) is 0 Å². The van der Waals surface area contributed by atoms with Crippen LogP contribution in [-0.4, -0.2) is 51.4 Å². The first-order valence-electron chi connectivity index (χ1n) is 9.33. The molecule has 2 aromatic carbocycles. The Labute approximate surface area is 196 Å². The van der Waals surface area contributed by atoms with Crippen molar-refractivity contribution < 1.29 is 22.7 Å². The Balaban J connectivity index is 1.85. The van der Waals surface area contributed by atoms with Crippen LogP contribution in [0.1, 0.15) is 5.69 Å². The third-order valence-electron chi connectivity index (χ3n) is 4.55. The topological polar surface area (TPSA) is 97.8 Å². The quantitative estimate of drug-likeness (QED) is 0.526. The highest BCUT2D eigenvalue weighted by Gasteiger charge is 2.20. The van der Waals surface area contributed by atoms with Crippen LogP contribution in [0.5, 0.6) is 11.5 Å². The number of carbonyl (C=O) groups is 1. The average molecular weight is 498 g/mol. The van der Waals surface area contributed by atoms with Gasteiger partial charge in [-0.15, -0.1) is 0 Å². The number of sulfonamides is 1. The Kier molecular flexibility index (Phi) is 7.14. The van der Waals surface area contributed by atoms with E-state index in [-0.39, 0.29) is 21.4 Å². The normalized spacial score (nSPS) is 11.6. The molecule has 0 saturated heterocycles. The zero-order chi connectivity index (χ0) is 23.6. The largest absolute Gasteiger partial charge is 0.495 e. The fraction of sp³-hybridized carbons (Fsp3) is 0.238. The summed E-state index contributed by atoms with van der Waals surface area (Å²) in [4.78, 5) is 17.0. The molecule has 1 heterocycles. The lowest BCUT2D eigenvalue weighted by Crippen LogP contribution is -2.23. The van der Waals surface area contributed by atoms with Crippen molar-refractivity contribution in [1.82, 2.24) is 9.29 Å². The number of aryl methyl sites for hydroxylation is 1. The molecule has 0 fully saturated rings. The summed E-state index contributed by atoms with van der Waals surface area (Å²) in [6.07, 6.45) is 0. The van der Waals surface area contributed by atoms with Gasteiger partial charge in [0.05, 0.1) is 27.7 Å². The Hall–Kier alpha value is -2.59. The van der Waals surface area contributed by atoms with E-state index in [4.69, 9.17) is 32.7 Å². The SMILES string of the molecule is COc1ccc(S(=O)(=O)N(C)C)cc1NC(=O)COc1c(Cl)cc(Cl)c2ccc(C)nc12. The zero-order valence-corrected chi connectivity index (χ0v) is 20.1. The van der Waals surface area contributed by atoms with Crippen LogP contribution in [0.4, 0.5) is 5.69 Å². The molecule has 0 aliphatic rings. The number of halogens is 2. The van der Waals surface area contributed by atoms with E-state index in [2.05, 4.69) is 10.3 Å². The van der Waals surface area contributed by atoms with Gasteiger partial charge in [-0.3, -0.25) is 4.79 Å². The summed E-state index contributed by atoms with van der Waals surface area (Å²) in [5, 5.41) is 3.88.